The second kappa shape index (κ2) is 8.36. The minimum Gasteiger partial charge on any atom is -0.356 e. The Kier molecular flexibility index (Phi) is 5.93. The summed E-state index contributed by atoms with van der Waals surface area (Å²) in [7, 11) is -3.50. The summed E-state index contributed by atoms with van der Waals surface area (Å²) in [6.07, 6.45) is 2.41. The summed E-state index contributed by atoms with van der Waals surface area (Å²) in [4.78, 5) is 12.0. The number of amides is 1. The third-order valence-corrected chi connectivity index (χ3v) is 6.34. The third kappa shape index (κ3) is 4.64. The van der Waals surface area contributed by atoms with E-state index in [-0.39, 0.29) is 18.1 Å². The van der Waals surface area contributed by atoms with Crippen molar-refractivity contribution in [1.82, 2.24) is 5.32 Å². The van der Waals surface area contributed by atoms with Crippen LogP contribution in [-0.2, 0) is 27.7 Å². The van der Waals surface area contributed by atoms with Crippen molar-refractivity contribution in [3.05, 3.63) is 65.7 Å². The van der Waals surface area contributed by atoms with Crippen molar-refractivity contribution >= 4 is 21.6 Å². The standard InChI is InChI=1S/C20H24N2O3S/c23-20(21-14-12-17-7-2-1-3-8-17)13-16-26(24,25)22-15-6-10-18-9-4-5-11-19(18)22/h1-5,7-9,11H,6,10,12-16H2,(H,21,23). The summed E-state index contributed by atoms with van der Waals surface area (Å²) in [6.45, 7) is 0.990. The molecule has 1 amide bonds. The number of carbonyl (C=O) groups is 1. The maximum absolute atomic E-state index is 12.7. The third-order valence-electron chi connectivity index (χ3n) is 4.57. The molecule has 26 heavy (non-hydrogen) atoms. The van der Waals surface area contributed by atoms with Crippen molar-refractivity contribution in [3.8, 4) is 0 Å². The predicted octanol–water partition coefficient (Wildman–Crippen LogP) is 2.52. The normalized spacial score (nSPS) is 13.9. The van der Waals surface area contributed by atoms with Crippen LogP contribution in [0.15, 0.2) is 54.6 Å². The van der Waals surface area contributed by atoms with Gasteiger partial charge in [0, 0.05) is 19.5 Å². The molecule has 2 aromatic rings. The van der Waals surface area contributed by atoms with E-state index in [1.807, 2.05) is 54.6 Å². The maximum Gasteiger partial charge on any atom is 0.235 e. The maximum atomic E-state index is 12.7. The van der Waals surface area contributed by atoms with Crippen LogP contribution in [0.2, 0.25) is 0 Å². The molecule has 0 fully saturated rings. The highest BCUT2D eigenvalue weighted by molar-refractivity contribution is 7.92. The summed E-state index contributed by atoms with van der Waals surface area (Å²) >= 11 is 0. The lowest BCUT2D eigenvalue weighted by Crippen LogP contribution is -2.38. The highest BCUT2D eigenvalue weighted by Gasteiger charge is 2.27. The van der Waals surface area contributed by atoms with E-state index in [4.69, 9.17) is 0 Å². The molecule has 0 spiro atoms. The fourth-order valence-corrected chi connectivity index (χ4v) is 4.75. The topological polar surface area (TPSA) is 66.5 Å². The van der Waals surface area contributed by atoms with Gasteiger partial charge in [0.1, 0.15) is 0 Å². The Hall–Kier alpha value is -2.34. The second-order valence-corrected chi connectivity index (χ2v) is 8.47. The molecule has 5 nitrogen and oxygen atoms in total. The van der Waals surface area contributed by atoms with Gasteiger partial charge in [-0.2, -0.15) is 0 Å². The number of nitrogens with one attached hydrogen (secondary N) is 1. The Bertz CT molecular complexity index is 850. The number of hydrogen-bond acceptors (Lipinski definition) is 3. The number of benzene rings is 2. The molecule has 3 rings (SSSR count). The van der Waals surface area contributed by atoms with E-state index in [2.05, 4.69) is 5.32 Å². The van der Waals surface area contributed by atoms with Crippen molar-refractivity contribution in [1.29, 1.82) is 0 Å². The minimum absolute atomic E-state index is 0.0181. The smallest absolute Gasteiger partial charge is 0.235 e. The number of para-hydroxylation sites is 1. The molecule has 2 aromatic carbocycles. The van der Waals surface area contributed by atoms with Gasteiger partial charge in [-0.25, -0.2) is 8.42 Å². The second-order valence-electron chi connectivity index (χ2n) is 6.46. The van der Waals surface area contributed by atoms with Gasteiger partial charge < -0.3 is 5.32 Å². The van der Waals surface area contributed by atoms with E-state index in [9.17, 15) is 13.2 Å². The first-order valence-corrected chi connectivity index (χ1v) is 10.6. The highest BCUT2D eigenvalue weighted by atomic mass is 32.2. The number of rotatable bonds is 7. The Balaban J connectivity index is 1.51. The zero-order valence-electron chi connectivity index (χ0n) is 14.7. The molecule has 6 heteroatoms. The molecule has 0 saturated heterocycles. The van der Waals surface area contributed by atoms with Gasteiger partial charge in [-0.05, 0) is 36.5 Å². The zero-order valence-corrected chi connectivity index (χ0v) is 15.5. The summed E-state index contributed by atoms with van der Waals surface area (Å²) < 4.78 is 26.8. The first-order valence-electron chi connectivity index (χ1n) is 8.95. The zero-order chi connectivity index (χ0) is 18.4. The number of nitrogens with zero attached hydrogens (tertiary/aromatic N) is 1. The van der Waals surface area contributed by atoms with Crippen LogP contribution in [0.3, 0.4) is 0 Å². The van der Waals surface area contributed by atoms with Crippen molar-refractivity contribution < 1.29 is 13.2 Å². The highest BCUT2D eigenvalue weighted by Crippen LogP contribution is 2.29. The van der Waals surface area contributed by atoms with E-state index in [1.54, 1.807) is 0 Å². The van der Waals surface area contributed by atoms with Crippen molar-refractivity contribution in [2.45, 2.75) is 25.7 Å². The van der Waals surface area contributed by atoms with E-state index < -0.39 is 10.0 Å². The molecule has 1 N–H and O–H groups in total. The van der Waals surface area contributed by atoms with Gasteiger partial charge >= 0.3 is 0 Å². The quantitative estimate of drug-likeness (QED) is 0.812. The molecule has 0 aromatic heterocycles. The first kappa shape index (κ1) is 18.5. The van der Waals surface area contributed by atoms with E-state index >= 15 is 0 Å². The number of hydrogen-bond donors (Lipinski definition) is 1. The van der Waals surface area contributed by atoms with Gasteiger partial charge in [0.15, 0.2) is 0 Å². The van der Waals surface area contributed by atoms with Crippen LogP contribution < -0.4 is 9.62 Å². The Labute approximate surface area is 155 Å². The molecule has 1 aliphatic rings. The molecule has 0 radical (unpaired) electrons. The fourth-order valence-electron chi connectivity index (χ4n) is 3.20. The number of aryl methyl sites for hydroxylation is 1. The number of anilines is 1. The van der Waals surface area contributed by atoms with E-state index in [0.29, 0.717) is 13.1 Å². The van der Waals surface area contributed by atoms with E-state index in [1.165, 1.54) is 4.31 Å². The Morgan fingerprint density at radius 1 is 1.04 bits per heavy atom. The molecular weight excluding hydrogens is 348 g/mol. The van der Waals surface area contributed by atoms with Crippen LogP contribution in [0, 0.1) is 0 Å². The molecule has 0 atom stereocenters. The lowest BCUT2D eigenvalue weighted by Gasteiger charge is -2.30. The molecule has 1 heterocycles. The lowest BCUT2D eigenvalue weighted by molar-refractivity contribution is -0.120. The SMILES string of the molecule is O=C(CCS(=O)(=O)N1CCCc2ccccc21)NCCc1ccccc1. The van der Waals surface area contributed by atoms with E-state index in [0.717, 1.165) is 36.1 Å². The van der Waals surface area contributed by atoms with Gasteiger partial charge in [0.2, 0.25) is 15.9 Å². The molecule has 1 aliphatic heterocycles. The molecule has 0 bridgehead atoms. The molecule has 0 unspecified atom stereocenters. The van der Waals surface area contributed by atoms with Gasteiger partial charge in [-0.3, -0.25) is 9.10 Å². The predicted molar refractivity (Wildman–Crippen MR) is 104 cm³/mol. The lowest BCUT2D eigenvalue weighted by atomic mass is 10.0. The average Bonchev–Trinajstić information content (AvgIpc) is 2.67. The molecule has 0 saturated carbocycles. The van der Waals surface area contributed by atoms with Gasteiger partial charge in [-0.1, -0.05) is 48.5 Å². The van der Waals surface area contributed by atoms with Crippen LogP contribution >= 0.6 is 0 Å². The summed E-state index contributed by atoms with van der Waals surface area (Å²) in [5, 5.41) is 2.80. The Morgan fingerprint density at radius 3 is 2.58 bits per heavy atom. The van der Waals surface area contributed by atoms with Gasteiger partial charge in [0.05, 0.1) is 11.4 Å². The monoisotopic (exact) mass is 372 g/mol. The molecular formula is C20H24N2O3S. The Morgan fingerprint density at radius 2 is 1.77 bits per heavy atom. The van der Waals surface area contributed by atoms with Crippen LogP contribution in [0.5, 0.6) is 0 Å². The van der Waals surface area contributed by atoms with Gasteiger partial charge in [0.25, 0.3) is 0 Å². The fraction of sp³-hybridized carbons (Fsp3) is 0.350. The summed E-state index contributed by atoms with van der Waals surface area (Å²) in [5.74, 6) is -0.395. The summed E-state index contributed by atoms with van der Waals surface area (Å²) in [6, 6.07) is 17.5. The van der Waals surface area contributed by atoms with Crippen molar-refractivity contribution in [3.63, 3.8) is 0 Å². The van der Waals surface area contributed by atoms with Gasteiger partial charge in [-0.15, -0.1) is 0 Å². The summed E-state index contributed by atoms with van der Waals surface area (Å²) in [5.41, 5.74) is 2.95. The first-order chi connectivity index (χ1) is 12.6. The van der Waals surface area contributed by atoms with Crippen LogP contribution in [0.4, 0.5) is 5.69 Å². The largest absolute Gasteiger partial charge is 0.356 e. The minimum atomic E-state index is -3.50. The average molecular weight is 372 g/mol. The van der Waals surface area contributed by atoms with Crippen LogP contribution in [-0.4, -0.2) is 33.2 Å². The molecule has 138 valence electrons. The van der Waals surface area contributed by atoms with Crippen LogP contribution in [0.1, 0.15) is 24.0 Å². The van der Waals surface area contributed by atoms with Crippen molar-refractivity contribution in [2.24, 2.45) is 0 Å². The molecule has 0 aliphatic carbocycles. The number of fused-ring (bicyclic) bond motifs is 1. The van der Waals surface area contributed by atoms with Crippen LogP contribution in [0.25, 0.3) is 0 Å². The van der Waals surface area contributed by atoms with Crippen molar-refractivity contribution in [2.75, 3.05) is 23.1 Å². The number of sulfonamides is 1. The number of carbonyl (C=O) groups excluding carboxylic acids is 1.